The van der Waals surface area contributed by atoms with E-state index >= 15 is 0 Å². The number of rotatable bonds is 6. The van der Waals surface area contributed by atoms with E-state index in [2.05, 4.69) is 25.2 Å². The fourth-order valence-corrected chi connectivity index (χ4v) is 3.00. The van der Waals surface area contributed by atoms with Crippen molar-refractivity contribution in [2.75, 3.05) is 25.1 Å². The number of aromatic nitrogens is 5. The Bertz CT molecular complexity index is 652. The lowest BCUT2D eigenvalue weighted by atomic mass is 9.97. The molecule has 3 rings (SSSR count). The molecular formula is C16H24N6O2. The molecule has 1 N–H and O–H groups in total. The van der Waals surface area contributed by atoms with Gasteiger partial charge >= 0.3 is 0 Å². The zero-order chi connectivity index (χ0) is 16.9. The Morgan fingerprint density at radius 3 is 2.88 bits per heavy atom. The van der Waals surface area contributed by atoms with E-state index in [0.29, 0.717) is 18.2 Å². The van der Waals surface area contributed by atoms with Crippen LogP contribution in [0.5, 0.6) is 5.88 Å². The van der Waals surface area contributed by atoms with Gasteiger partial charge in [-0.3, -0.25) is 4.68 Å². The second kappa shape index (κ2) is 7.57. The Balaban J connectivity index is 1.52. The number of ether oxygens (including phenoxy) is 1. The van der Waals surface area contributed by atoms with E-state index in [4.69, 9.17) is 4.74 Å². The summed E-state index contributed by atoms with van der Waals surface area (Å²) in [7, 11) is 1.61. The molecule has 2 aromatic heterocycles. The van der Waals surface area contributed by atoms with E-state index in [0.717, 1.165) is 44.1 Å². The number of aliphatic hydroxyl groups excluding tert-OH is 1. The van der Waals surface area contributed by atoms with Crippen LogP contribution < -0.4 is 9.64 Å². The molecule has 8 nitrogen and oxygen atoms in total. The smallest absolute Gasteiger partial charge is 0.228 e. The lowest BCUT2D eigenvalue weighted by Crippen LogP contribution is -2.36. The number of hydrogen-bond acceptors (Lipinski definition) is 7. The number of hydrogen-bond donors (Lipinski definition) is 1. The maximum atomic E-state index is 9.41. The van der Waals surface area contributed by atoms with Crippen molar-refractivity contribution < 1.29 is 9.84 Å². The van der Waals surface area contributed by atoms with Gasteiger partial charge in [-0.2, -0.15) is 4.98 Å². The highest BCUT2D eigenvalue weighted by atomic mass is 16.5. The van der Waals surface area contributed by atoms with Crippen LogP contribution >= 0.6 is 0 Å². The summed E-state index contributed by atoms with van der Waals surface area (Å²) in [6.45, 7) is 4.47. The molecule has 24 heavy (non-hydrogen) atoms. The Morgan fingerprint density at radius 1 is 1.38 bits per heavy atom. The summed E-state index contributed by atoms with van der Waals surface area (Å²) in [6, 6.07) is 1.76. The predicted octanol–water partition coefficient (Wildman–Crippen LogP) is 0.917. The minimum Gasteiger partial charge on any atom is -0.481 e. The molecular weight excluding hydrogens is 308 g/mol. The van der Waals surface area contributed by atoms with Crippen molar-refractivity contribution in [3.63, 3.8) is 0 Å². The van der Waals surface area contributed by atoms with Crippen molar-refractivity contribution in [1.29, 1.82) is 0 Å². The minimum absolute atomic E-state index is 0.388. The van der Waals surface area contributed by atoms with Gasteiger partial charge in [-0.15, -0.1) is 5.10 Å². The Kier molecular flexibility index (Phi) is 5.24. The lowest BCUT2D eigenvalue weighted by Gasteiger charge is -2.31. The molecule has 0 aliphatic carbocycles. The van der Waals surface area contributed by atoms with Crippen LogP contribution in [0.25, 0.3) is 0 Å². The molecule has 1 aliphatic heterocycles. The first-order valence-electron chi connectivity index (χ1n) is 8.33. The van der Waals surface area contributed by atoms with E-state index in [1.165, 1.54) is 0 Å². The van der Waals surface area contributed by atoms with Crippen molar-refractivity contribution in [1.82, 2.24) is 25.0 Å². The third-order valence-electron chi connectivity index (χ3n) is 4.26. The normalized spacial score (nSPS) is 17.0. The van der Waals surface area contributed by atoms with Gasteiger partial charge in [0.2, 0.25) is 11.8 Å². The number of piperidine rings is 1. The topological polar surface area (TPSA) is 89.2 Å². The first-order valence-corrected chi connectivity index (χ1v) is 8.33. The zero-order valence-electron chi connectivity index (χ0n) is 14.2. The van der Waals surface area contributed by atoms with E-state index in [9.17, 15) is 5.11 Å². The number of nitrogens with zero attached hydrogens (tertiary/aromatic N) is 6. The standard InChI is InChI=1S/C16H24N6O2/c1-12(23)9-14-11-22(20-19-14)10-13-4-7-21(8-5-13)16-17-6-3-15(18-16)24-2/h3,6,11-13,23H,4-5,7-10H2,1-2H3. The average molecular weight is 332 g/mol. The monoisotopic (exact) mass is 332 g/mol. The summed E-state index contributed by atoms with van der Waals surface area (Å²) in [5, 5.41) is 17.7. The van der Waals surface area contributed by atoms with Crippen molar-refractivity contribution in [3.8, 4) is 5.88 Å². The van der Waals surface area contributed by atoms with Gasteiger partial charge in [-0.25, -0.2) is 4.98 Å². The van der Waals surface area contributed by atoms with Crippen molar-refractivity contribution >= 4 is 5.95 Å². The van der Waals surface area contributed by atoms with E-state index in [1.807, 2.05) is 10.9 Å². The minimum atomic E-state index is -0.388. The molecule has 1 saturated heterocycles. The molecule has 0 aromatic carbocycles. The van der Waals surface area contributed by atoms with Gasteiger partial charge in [0, 0.05) is 44.5 Å². The molecule has 2 aromatic rings. The van der Waals surface area contributed by atoms with Gasteiger partial charge in [-0.1, -0.05) is 5.21 Å². The first-order chi connectivity index (χ1) is 11.6. The summed E-state index contributed by atoms with van der Waals surface area (Å²) in [5.74, 6) is 1.89. The number of aliphatic hydroxyl groups is 1. The Morgan fingerprint density at radius 2 is 2.17 bits per heavy atom. The van der Waals surface area contributed by atoms with Crippen molar-refractivity contribution in [2.45, 2.75) is 38.8 Å². The molecule has 0 spiro atoms. The highest BCUT2D eigenvalue weighted by Gasteiger charge is 2.22. The molecule has 1 aliphatic rings. The third kappa shape index (κ3) is 4.19. The van der Waals surface area contributed by atoms with Crippen LogP contribution in [-0.2, 0) is 13.0 Å². The van der Waals surface area contributed by atoms with Crippen molar-refractivity contribution in [3.05, 3.63) is 24.2 Å². The fourth-order valence-electron chi connectivity index (χ4n) is 3.00. The maximum Gasteiger partial charge on any atom is 0.228 e. The van der Waals surface area contributed by atoms with Crippen LogP contribution in [-0.4, -0.2) is 56.4 Å². The largest absolute Gasteiger partial charge is 0.481 e. The lowest BCUT2D eigenvalue weighted by molar-refractivity contribution is 0.194. The molecule has 3 heterocycles. The van der Waals surface area contributed by atoms with Crippen LogP contribution in [0.2, 0.25) is 0 Å². The van der Waals surface area contributed by atoms with Crippen LogP contribution in [0.4, 0.5) is 5.95 Å². The Labute approximate surface area is 141 Å². The molecule has 0 amide bonds. The van der Waals surface area contributed by atoms with E-state index < -0.39 is 0 Å². The van der Waals surface area contributed by atoms with Gasteiger partial charge in [0.15, 0.2) is 0 Å². The molecule has 1 atom stereocenters. The summed E-state index contributed by atoms with van der Waals surface area (Å²) in [6.07, 6.45) is 5.95. The number of methoxy groups -OCH3 is 1. The quantitative estimate of drug-likeness (QED) is 0.841. The van der Waals surface area contributed by atoms with Gasteiger partial charge in [0.05, 0.1) is 18.9 Å². The molecule has 0 bridgehead atoms. The molecule has 1 unspecified atom stereocenters. The van der Waals surface area contributed by atoms with Crippen molar-refractivity contribution in [2.24, 2.45) is 5.92 Å². The van der Waals surface area contributed by atoms with E-state index in [1.54, 1.807) is 26.3 Å². The van der Waals surface area contributed by atoms with Crippen LogP contribution in [0.1, 0.15) is 25.5 Å². The second-order valence-corrected chi connectivity index (χ2v) is 6.31. The van der Waals surface area contributed by atoms with Crippen LogP contribution in [0, 0.1) is 5.92 Å². The van der Waals surface area contributed by atoms with Gasteiger partial charge < -0.3 is 14.7 Å². The van der Waals surface area contributed by atoms with E-state index in [-0.39, 0.29) is 6.10 Å². The SMILES string of the molecule is COc1ccnc(N2CCC(Cn3cc(CC(C)O)nn3)CC2)n1. The molecule has 1 fully saturated rings. The fraction of sp³-hybridized carbons (Fsp3) is 0.625. The van der Waals surface area contributed by atoms with Gasteiger partial charge in [0.1, 0.15) is 0 Å². The first kappa shape index (κ1) is 16.6. The predicted molar refractivity (Wildman–Crippen MR) is 88.9 cm³/mol. The molecule has 0 radical (unpaired) electrons. The zero-order valence-corrected chi connectivity index (χ0v) is 14.2. The van der Waals surface area contributed by atoms with Crippen LogP contribution in [0.3, 0.4) is 0 Å². The van der Waals surface area contributed by atoms with Gasteiger partial charge in [0.25, 0.3) is 0 Å². The van der Waals surface area contributed by atoms with Crippen LogP contribution in [0.15, 0.2) is 18.5 Å². The number of anilines is 1. The molecule has 0 saturated carbocycles. The summed E-state index contributed by atoms with van der Waals surface area (Å²) >= 11 is 0. The second-order valence-electron chi connectivity index (χ2n) is 6.31. The molecule has 8 heteroatoms. The third-order valence-corrected chi connectivity index (χ3v) is 4.26. The summed E-state index contributed by atoms with van der Waals surface area (Å²) in [4.78, 5) is 10.9. The average Bonchev–Trinajstić information content (AvgIpc) is 3.01. The Hall–Kier alpha value is -2.22. The summed E-state index contributed by atoms with van der Waals surface area (Å²) in [5.41, 5.74) is 0.840. The van der Waals surface area contributed by atoms with Gasteiger partial charge in [-0.05, 0) is 25.7 Å². The highest BCUT2D eigenvalue weighted by Crippen LogP contribution is 2.22. The highest BCUT2D eigenvalue weighted by molar-refractivity contribution is 5.32. The molecule has 130 valence electrons. The summed E-state index contributed by atoms with van der Waals surface area (Å²) < 4.78 is 7.05. The maximum absolute atomic E-state index is 9.41.